The molecule has 1 aliphatic heterocycles. The number of amides is 2. The Balaban J connectivity index is 1.70. The van der Waals surface area contributed by atoms with E-state index in [9.17, 15) is 18.4 Å². The van der Waals surface area contributed by atoms with Gasteiger partial charge in [0.2, 0.25) is 5.69 Å². The molecule has 1 aromatic heterocycles. The third-order valence-electron chi connectivity index (χ3n) is 5.07. The number of ether oxygens (including phenoxy) is 1. The predicted molar refractivity (Wildman–Crippen MR) is 106 cm³/mol. The number of aromatic amines is 1. The normalized spacial score (nSPS) is 15.3. The van der Waals surface area contributed by atoms with Gasteiger partial charge in [0.15, 0.2) is 0 Å². The van der Waals surface area contributed by atoms with Gasteiger partial charge in [-0.3, -0.25) is 4.79 Å². The Labute approximate surface area is 169 Å². The van der Waals surface area contributed by atoms with Gasteiger partial charge >= 0.3 is 6.03 Å². The molecule has 0 radical (unpaired) electrons. The lowest BCUT2D eigenvalue weighted by molar-refractivity contribution is 0.0527. The van der Waals surface area contributed by atoms with Crippen molar-refractivity contribution in [1.82, 2.24) is 9.88 Å². The predicted octanol–water partition coefficient (Wildman–Crippen LogP) is 4.09. The highest BCUT2D eigenvalue weighted by Gasteiger charge is 2.30. The van der Waals surface area contributed by atoms with E-state index >= 15 is 0 Å². The molecule has 30 heavy (non-hydrogen) atoms. The Morgan fingerprint density at radius 3 is 2.83 bits per heavy atom. The van der Waals surface area contributed by atoms with E-state index in [1.165, 1.54) is 29.2 Å². The summed E-state index contributed by atoms with van der Waals surface area (Å²) in [6, 6.07) is 6.58. The van der Waals surface area contributed by atoms with Gasteiger partial charge in [0.1, 0.15) is 11.6 Å². The van der Waals surface area contributed by atoms with Crippen molar-refractivity contribution < 1.29 is 18.3 Å². The molecule has 1 aliphatic rings. The Kier molecular flexibility index (Phi) is 4.93. The number of nitrogens with zero attached hydrogens (tertiary/aromatic N) is 2. The maximum absolute atomic E-state index is 13.7. The first-order valence-electron chi connectivity index (χ1n) is 9.02. The molecule has 0 unspecified atom stereocenters. The van der Waals surface area contributed by atoms with Crippen molar-refractivity contribution in [3.05, 3.63) is 81.1 Å². The number of urea groups is 1. The molecule has 2 N–H and O–H groups in total. The number of likely N-dealkylation sites (N-methyl/N-ethyl adjacent to an activating group) is 1. The number of rotatable bonds is 2. The van der Waals surface area contributed by atoms with Gasteiger partial charge in [-0.25, -0.2) is 18.4 Å². The summed E-state index contributed by atoms with van der Waals surface area (Å²) in [4.78, 5) is 32.3. The number of hydrogen-bond acceptors (Lipinski definition) is 3. The average molecular weight is 410 g/mol. The number of H-pyrrole nitrogens is 1. The molecule has 1 atom stereocenters. The summed E-state index contributed by atoms with van der Waals surface area (Å²) in [5, 5.41) is 3.36. The highest BCUT2D eigenvalue weighted by Crippen LogP contribution is 2.33. The van der Waals surface area contributed by atoms with Crippen LogP contribution in [-0.2, 0) is 11.3 Å². The summed E-state index contributed by atoms with van der Waals surface area (Å²) in [5.74, 6) is -1.21. The second kappa shape index (κ2) is 7.57. The highest BCUT2D eigenvalue weighted by molar-refractivity contribution is 5.91. The van der Waals surface area contributed by atoms with Crippen LogP contribution in [0.4, 0.5) is 25.0 Å². The summed E-state index contributed by atoms with van der Waals surface area (Å²) in [6.45, 7) is 7.32. The fourth-order valence-electron chi connectivity index (χ4n) is 3.56. The third kappa shape index (κ3) is 3.38. The molecular weight excluding hydrogens is 394 g/mol. The molecule has 2 heterocycles. The van der Waals surface area contributed by atoms with Gasteiger partial charge in [-0.1, -0.05) is 6.07 Å². The Hall–Kier alpha value is -3.77. The molecule has 0 saturated carbocycles. The van der Waals surface area contributed by atoms with Crippen molar-refractivity contribution in [3.8, 4) is 0 Å². The van der Waals surface area contributed by atoms with Crippen LogP contribution >= 0.6 is 0 Å². The zero-order valence-electron chi connectivity index (χ0n) is 15.8. The lowest BCUT2D eigenvalue weighted by Crippen LogP contribution is -2.39. The number of hydrogen-bond donors (Lipinski definition) is 2. The van der Waals surface area contributed by atoms with E-state index in [1.807, 2.05) is 0 Å². The number of anilines is 1. The zero-order chi connectivity index (χ0) is 21.4. The molecule has 2 aromatic carbocycles. The number of aromatic nitrogens is 1. The first-order valence-corrected chi connectivity index (χ1v) is 9.02. The van der Waals surface area contributed by atoms with Crippen LogP contribution in [0, 0.1) is 18.2 Å². The van der Waals surface area contributed by atoms with Crippen molar-refractivity contribution in [3.63, 3.8) is 0 Å². The van der Waals surface area contributed by atoms with Crippen LogP contribution in [0.15, 0.2) is 41.2 Å². The van der Waals surface area contributed by atoms with Crippen molar-refractivity contribution >= 4 is 28.2 Å². The molecule has 4 rings (SSSR count). The number of pyridine rings is 1. The quantitative estimate of drug-likeness (QED) is 0.625. The van der Waals surface area contributed by atoms with Gasteiger partial charge in [-0.2, -0.15) is 0 Å². The van der Waals surface area contributed by atoms with Gasteiger partial charge in [-0.15, -0.1) is 0 Å². The summed E-state index contributed by atoms with van der Waals surface area (Å²) >= 11 is 0. The number of fused-ring (bicyclic) bond motifs is 3. The smallest absolute Gasteiger partial charge is 0.322 e. The molecule has 3 aromatic rings. The number of benzene rings is 2. The van der Waals surface area contributed by atoms with E-state index < -0.39 is 29.3 Å². The van der Waals surface area contributed by atoms with Crippen molar-refractivity contribution in [2.75, 3.05) is 19.0 Å². The highest BCUT2D eigenvalue weighted by atomic mass is 19.1. The zero-order valence-corrected chi connectivity index (χ0v) is 15.8. The second-order valence-corrected chi connectivity index (χ2v) is 6.89. The molecule has 0 aliphatic carbocycles. The van der Waals surface area contributed by atoms with Gasteiger partial charge in [0.25, 0.3) is 5.56 Å². The summed E-state index contributed by atoms with van der Waals surface area (Å²) in [5.41, 5.74) is 0.830. The summed E-state index contributed by atoms with van der Waals surface area (Å²) in [6.07, 6.45) is 0. The van der Waals surface area contributed by atoms with Gasteiger partial charge in [0, 0.05) is 24.0 Å². The van der Waals surface area contributed by atoms with E-state index in [0.29, 0.717) is 16.6 Å². The van der Waals surface area contributed by atoms with Gasteiger partial charge in [-0.05, 0) is 35.7 Å². The molecule has 0 saturated heterocycles. The van der Waals surface area contributed by atoms with Crippen molar-refractivity contribution in [2.24, 2.45) is 0 Å². The lowest BCUT2D eigenvalue weighted by atomic mass is 9.96. The van der Waals surface area contributed by atoms with E-state index in [0.717, 1.165) is 12.1 Å². The van der Waals surface area contributed by atoms with Crippen molar-refractivity contribution in [2.45, 2.75) is 12.6 Å². The molecule has 0 fully saturated rings. The Morgan fingerprint density at radius 2 is 2.07 bits per heavy atom. The summed E-state index contributed by atoms with van der Waals surface area (Å²) in [7, 11) is 1.55. The first kappa shape index (κ1) is 19.5. The van der Waals surface area contributed by atoms with Crippen LogP contribution in [0.3, 0.4) is 0 Å². The van der Waals surface area contributed by atoms with Gasteiger partial charge in [0.05, 0.1) is 31.2 Å². The third-order valence-corrected chi connectivity index (χ3v) is 5.07. The van der Waals surface area contributed by atoms with Crippen LogP contribution in [0.5, 0.6) is 0 Å². The molecule has 9 heteroatoms. The fraction of sp³-hybridized carbons (Fsp3) is 0.190. The molecule has 0 bridgehead atoms. The maximum atomic E-state index is 13.7. The number of halogens is 2. The minimum absolute atomic E-state index is 0.163. The number of nitrogens with one attached hydrogen (secondary N) is 2. The Morgan fingerprint density at radius 1 is 1.27 bits per heavy atom. The van der Waals surface area contributed by atoms with E-state index in [-0.39, 0.29) is 30.0 Å². The van der Waals surface area contributed by atoms with Crippen LogP contribution in [0.25, 0.3) is 15.6 Å². The van der Waals surface area contributed by atoms with E-state index in [4.69, 9.17) is 11.3 Å². The minimum Gasteiger partial charge on any atom is -0.373 e. The Bertz CT molecular complexity index is 1270. The van der Waals surface area contributed by atoms with Crippen LogP contribution < -0.4 is 10.9 Å². The monoisotopic (exact) mass is 410 g/mol. The number of carbonyl (C=O) groups is 1. The maximum Gasteiger partial charge on any atom is 0.322 e. The average Bonchev–Trinajstić information content (AvgIpc) is 2.74. The topological polar surface area (TPSA) is 78.8 Å². The number of carbonyl (C=O) groups excluding carboxylic acids is 1. The minimum atomic E-state index is -0.673. The van der Waals surface area contributed by atoms with E-state index in [2.05, 4.69) is 15.1 Å². The van der Waals surface area contributed by atoms with Gasteiger partial charge < -0.3 is 19.9 Å². The standard InChI is InChI=1S/C21H16F2N4O3/c1-24-16-8-12(4-6-15(16)23)25-21(29)27(2)18-10-30-9-17-19(18)13-5-3-11(22)7-14(13)20(28)26-17/h3-8,18H,9-10H2,2H3,(H,25,29)(H,26,28)/t18-/m1/s1. The molecule has 2 amide bonds. The largest absolute Gasteiger partial charge is 0.373 e. The first-order chi connectivity index (χ1) is 14.4. The SMILES string of the molecule is [C-]#[N+]c1cc(NC(=O)N(C)[C@@H]2COCc3[nH]c(=O)c4cc(F)ccc4c32)ccc1F. The fourth-order valence-corrected chi connectivity index (χ4v) is 3.56. The van der Waals surface area contributed by atoms with Crippen LogP contribution in [0.1, 0.15) is 17.3 Å². The van der Waals surface area contributed by atoms with Crippen LogP contribution in [0.2, 0.25) is 0 Å². The van der Waals surface area contributed by atoms with Crippen LogP contribution in [-0.4, -0.2) is 29.6 Å². The van der Waals surface area contributed by atoms with E-state index in [1.54, 1.807) is 7.05 Å². The second-order valence-electron chi connectivity index (χ2n) is 6.89. The molecule has 0 spiro atoms. The molecule has 7 nitrogen and oxygen atoms in total. The van der Waals surface area contributed by atoms with Crippen molar-refractivity contribution in [1.29, 1.82) is 0 Å². The summed E-state index contributed by atoms with van der Waals surface area (Å²) < 4.78 is 32.7. The molecular formula is C21H16F2N4O3. The lowest BCUT2D eigenvalue weighted by Gasteiger charge is -2.33. The molecule has 152 valence electrons.